The molecule has 3 rings (SSSR count). The van der Waals surface area contributed by atoms with E-state index in [0.29, 0.717) is 6.42 Å². The maximum Gasteiger partial charge on any atom is 0.409 e. The standard InChI is InChI=1S/C18H19F3N2O/c1-2-5-12-10-14(11-13-6-3-4-7-15(12)13)17(18(19,20)21)23-9-8-16(24)22-23/h3-4,6-7,10-11,17H,2,5,8-9H2,1H3,(H,22,24). The van der Waals surface area contributed by atoms with Crippen LogP contribution < -0.4 is 5.43 Å². The van der Waals surface area contributed by atoms with Gasteiger partial charge in [0, 0.05) is 13.0 Å². The number of hydrogen-bond donors (Lipinski definition) is 1. The van der Waals surface area contributed by atoms with Gasteiger partial charge < -0.3 is 0 Å². The van der Waals surface area contributed by atoms with Crippen molar-refractivity contribution >= 4 is 16.7 Å². The van der Waals surface area contributed by atoms with Gasteiger partial charge in [-0.1, -0.05) is 43.7 Å². The Morgan fingerprint density at radius 3 is 2.62 bits per heavy atom. The van der Waals surface area contributed by atoms with Crippen molar-refractivity contribution in [3.8, 4) is 0 Å². The number of hydrogen-bond acceptors (Lipinski definition) is 2. The molecule has 24 heavy (non-hydrogen) atoms. The summed E-state index contributed by atoms with van der Waals surface area (Å²) in [5.74, 6) is -0.376. The second kappa shape index (κ2) is 6.43. The molecular weight excluding hydrogens is 317 g/mol. The highest BCUT2D eigenvalue weighted by Gasteiger charge is 2.47. The van der Waals surface area contributed by atoms with Gasteiger partial charge in [-0.15, -0.1) is 0 Å². The Balaban J connectivity index is 2.12. The van der Waals surface area contributed by atoms with Gasteiger partial charge in [0.25, 0.3) is 0 Å². The van der Waals surface area contributed by atoms with Crippen molar-refractivity contribution in [2.75, 3.05) is 6.54 Å². The molecule has 1 heterocycles. The number of hydrazine groups is 1. The number of rotatable bonds is 4. The summed E-state index contributed by atoms with van der Waals surface area (Å²) in [4.78, 5) is 11.4. The smallest absolute Gasteiger partial charge is 0.288 e. The Labute approximate surface area is 138 Å². The van der Waals surface area contributed by atoms with E-state index in [4.69, 9.17) is 0 Å². The monoisotopic (exact) mass is 336 g/mol. The van der Waals surface area contributed by atoms with Crippen LogP contribution in [0.25, 0.3) is 10.8 Å². The molecule has 0 aromatic heterocycles. The Hall–Kier alpha value is -2.08. The molecule has 0 aliphatic carbocycles. The van der Waals surface area contributed by atoms with Gasteiger partial charge in [0.1, 0.15) is 6.04 Å². The first-order valence-electron chi connectivity index (χ1n) is 8.04. The predicted molar refractivity (Wildman–Crippen MR) is 86.2 cm³/mol. The highest BCUT2D eigenvalue weighted by Crippen LogP contribution is 2.39. The average molecular weight is 336 g/mol. The fourth-order valence-corrected chi connectivity index (χ4v) is 3.28. The Bertz CT molecular complexity index is 758. The summed E-state index contributed by atoms with van der Waals surface area (Å²) >= 11 is 0. The number of nitrogens with one attached hydrogen (secondary N) is 1. The summed E-state index contributed by atoms with van der Waals surface area (Å²) in [5, 5.41) is 2.77. The van der Waals surface area contributed by atoms with Crippen LogP contribution in [0.2, 0.25) is 0 Å². The number of carbonyl (C=O) groups excluding carboxylic acids is 1. The molecule has 128 valence electrons. The van der Waals surface area contributed by atoms with E-state index in [1.165, 1.54) is 0 Å². The van der Waals surface area contributed by atoms with Crippen LogP contribution in [0.3, 0.4) is 0 Å². The van der Waals surface area contributed by atoms with E-state index >= 15 is 0 Å². The number of alkyl halides is 3. The summed E-state index contributed by atoms with van der Waals surface area (Å²) in [5.41, 5.74) is 3.41. The van der Waals surface area contributed by atoms with Gasteiger partial charge in [0.15, 0.2) is 0 Å². The Morgan fingerprint density at radius 1 is 1.25 bits per heavy atom. The minimum Gasteiger partial charge on any atom is -0.288 e. The molecule has 1 N–H and O–H groups in total. The van der Waals surface area contributed by atoms with Gasteiger partial charge in [-0.3, -0.25) is 10.2 Å². The second-order valence-corrected chi connectivity index (χ2v) is 6.07. The molecule has 1 unspecified atom stereocenters. The molecule has 1 saturated heterocycles. The maximum absolute atomic E-state index is 13.7. The lowest BCUT2D eigenvalue weighted by Gasteiger charge is -2.30. The number of nitrogens with zero attached hydrogens (tertiary/aromatic N) is 1. The van der Waals surface area contributed by atoms with Gasteiger partial charge in [-0.2, -0.15) is 13.2 Å². The Morgan fingerprint density at radius 2 is 2.00 bits per heavy atom. The molecule has 2 aromatic carbocycles. The summed E-state index contributed by atoms with van der Waals surface area (Å²) in [7, 11) is 0. The van der Waals surface area contributed by atoms with Crippen LogP contribution in [0.5, 0.6) is 0 Å². The minimum absolute atomic E-state index is 0.0545. The van der Waals surface area contributed by atoms with E-state index in [9.17, 15) is 18.0 Å². The van der Waals surface area contributed by atoms with Crippen molar-refractivity contribution in [1.82, 2.24) is 10.4 Å². The predicted octanol–water partition coefficient (Wildman–Crippen LogP) is 4.13. The van der Waals surface area contributed by atoms with Crippen LogP contribution in [0, 0.1) is 0 Å². The van der Waals surface area contributed by atoms with Gasteiger partial charge in [-0.05, 0) is 34.4 Å². The van der Waals surface area contributed by atoms with E-state index < -0.39 is 12.2 Å². The molecule has 6 heteroatoms. The number of carbonyl (C=O) groups is 1. The zero-order valence-electron chi connectivity index (χ0n) is 13.4. The molecule has 0 bridgehead atoms. The van der Waals surface area contributed by atoms with Crippen LogP contribution in [0.15, 0.2) is 36.4 Å². The molecule has 0 radical (unpaired) electrons. The largest absolute Gasteiger partial charge is 0.409 e. The fourth-order valence-electron chi connectivity index (χ4n) is 3.28. The molecular formula is C18H19F3N2O. The Kier molecular flexibility index (Phi) is 4.49. The SMILES string of the molecule is CCCc1cc(C(N2CCC(=O)N2)C(F)(F)F)cc2ccccc12. The third-order valence-corrected chi connectivity index (χ3v) is 4.27. The highest BCUT2D eigenvalue weighted by atomic mass is 19.4. The topological polar surface area (TPSA) is 32.3 Å². The zero-order chi connectivity index (χ0) is 17.3. The molecule has 0 spiro atoms. The normalized spacial score (nSPS) is 17.2. The molecule has 1 aliphatic heterocycles. The number of aryl methyl sites for hydroxylation is 1. The van der Waals surface area contributed by atoms with E-state index in [0.717, 1.165) is 27.8 Å². The van der Waals surface area contributed by atoms with Crippen LogP contribution in [-0.2, 0) is 11.2 Å². The van der Waals surface area contributed by atoms with Crippen molar-refractivity contribution in [1.29, 1.82) is 0 Å². The van der Waals surface area contributed by atoms with Gasteiger partial charge in [-0.25, -0.2) is 5.01 Å². The lowest BCUT2D eigenvalue weighted by Crippen LogP contribution is -2.43. The summed E-state index contributed by atoms with van der Waals surface area (Å²) in [6, 6.07) is 8.86. The number of amides is 1. The van der Waals surface area contributed by atoms with Crippen molar-refractivity contribution in [2.24, 2.45) is 0 Å². The summed E-state index contributed by atoms with van der Waals surface area (Å²) in [6.07, 6.45) is -2.82. The molecule has 1 atom stereocenters. The van der Waals surface area contributed by atoms with Crippen molar-refractivity contribution in [2.45, 2.75) is 38.4 Å². The zero-order valence-corrected chi connectivity index (χ0v) is 13.4. The first kappa shape index (κ1) is 16.8. The van der Waals surface area contributed by atoms with E-state index in [1.807, 2.05) is 31.2 Å². The molecule has 3 nitrogen and oxygen atoms in total. The van der Waals surface area contributed by atoms with E-state index in [1.54, 1.807) is 12.1 Å². The lowest BCUT2D eigenvalue weighted by molar-refractivity contribution is -0.191. The molecule has 2 aromatic rings. The second-order valence-electron chi connectivity index (χ2n) is 6.07. The fraction of sp³-hybridized carbons (Fsp3) is 0.389. The van der Waals surface area contributed by atoms with Crippen LogP contribution in [0.1, 0.15) is 36.9 Å². The van der Waals surface area contributed by atoms with Gasteiger partial charge >= 0.3 is 6.18 Å². The lowest BCUT2D eigenvalue weighted by atomic mass is 9.94. The first-order valence-corrected chi connectivity index (χ1v) is 8.04. The third-order valence-electron chi connectivity index (χ3n) is 4.27. The number of fused-ring (bicyclic) bond motifs is 1. The van der Waals surface area contributed by atoms with Crippen molar-refractivity contribution in [3.63, 3.8) is 0 Å². The highest BCUT2D eigenvalue weighted by molar-refractivity contribution is 5.86. The number of benzene rings is 2. The van der Waals surface area contributed by atoms with E-state index in [2.05, 4.69) is 5.43 Å². The average Bonchev–Trinajstić information content (AvgIpc) is 2.92. The maximum atomic E-state index is 13.7. The van der Waals surface area contributed by atoms with Crippen LogP contribution in [-0.4, -0.2) is 23.6 Å². The summed E-state index contributed by atoms with van der Waals surface area (Å²) in [6.45, 7) is 2.06. The van der Waals surface area contributed by atoms with Crippen molar-refractivity contribution in [3.05, 3.63) is 47.5 Å². The van der Waals surface area contributed by atoms with Gasteiger partial charge in [0.2, 0.25) is 5.91 Å². The molecule has 1 aliphatic rings. The molecule has 0 saturated carbocycles. The molecule has 1 amide bonds. The van der Waals surface area contributed by atoms with Crippen molar-refractivity contribution < 1.29 is 18.0 Å². The van der Waals surface area contributed by atoms with E-state index in [-0.39, 0.29) is 24.4 Å². The number of halogens is 3. The van der Waals surface area contributed by atoms with Crippen LogP contribution >= 0.6 is 0 Å². The third kappa shape index (κ3) is 3.24. The minimum atomic E-state index is -4.47. The molecule has 1 fully saturated rings. The van der Waals surface area contributed by atoms with Gasteiger partial charge in [0.05, 0.1) is 0 Å². The quantitative estimate of drug-likeness (QED) is 0.910. The van der Waals surface area contributed by atoms with Crippen LogP contribution in [0.4, 0.5) is 13.2 Å². The first-order chi connectivity index (χ1) is 11.4. The summed E-state index contributed by atoms with van der Waals surface area (Å²) < 4.78 is 41.1.